The van der Waals surface area contributed by atoms with Gasteiger partial charge >= 0.3 is 0 Å². The van der Waals surface area contributed by atoms with Gasteiger partial charge in [0, 0.05) is 30.6 Å². The number of nitrogens with one attached hydrogen (secondary N) is 1. The third kappa shape index (κ3) is 3.45. The van der Waals surface area contributed by atoms with Crippen molar-refractivity contribution < 1.29 is 13.2 Å². The molecule has 1 saturated heterocycles. The van der Waals surface area contributed by atoms with Crippen LogP contribution in [0.3, 0.4) is 0 Å². The molecule has 3 rings (SSSR count). The highest BCUT2D eigenvalue weighted by Gasteiger charge is 2.31. The third-order valence-electron chi connectivity index (χ3n) is 3.98. The molecule has 9 heteroatoms. The minimum absolute atomic E-state index is 0.0247. The van der Waals surface area contributed by atoms with Crippen molar-refractivity contribution in [3.05, 3.63) is 28.0 Å². The first kappa shape index (κ1) is 16.1. The van der Waals surface area contributed by atoms with Gasteiger partial charge in [-0.05, 0) is 13.3 Å². The highest BCUT2D eigenvalue weighted by atomic mass is 32.2. The van der Waals surface area contributed by atoms with Crippen molar-refractivity contribution in [2.24, 2.45) is 0 Å². The summed E-state index contributed by atoms with van der Waals surface area (Å²) in [7, 11) is -3.32. The van der Waals surface area contributed by atoms with E-state index in [1.165, 1.54) is 23.8 Å². The average Bonchev–Trinajstić information content (AvgIpc) is 3.15. The Morgan fingerprint density at radius 2 is 2.30 bits per heavy atom. The number of sulfone groups is 1. The van der Waals surface area contributed by atoms with Gasteiger partial charge in [-0.2, -0.15) is 5.10 Å². The van der Waals surface area contributed by atoms with Gasteiger partial charge < -0.3 is 4.90 Å². The summed E-state index contributed by atoms with van der Waals surface area (Å²) >= 11 is 1.53. The molecule has 2 aromatic rings. The van der Waals surface area contributed by atoms with Crippen molar-refractivity contribution >= 4 is 27.1 Å². The van der Waals surface area contributed by atoms with E-state index in [4.69, 9.17) is 0 Å². The number of likely N-dealkylation sites (tertiary alicyclic amines) is 1. The highest BCUT2D eigenvalue weighted by Crippen LogP contribution is 2.30. The number of thiazole rings is 1. The molecule has 0 unspecified atom stereocenters. The van der Waals surface area contributed by atoms with E-state index in [0.29, 0.717) is 25.2 Å². The summed E-state index contributed by atoms with van der Waals surface area (Å²) in [5.41, 5.74) is 1.40. The fourth-order valence-electron chi connectivity index (χ4n) is 2.85. The minimum atomic E-state index is -3.32. The molecule has 23 heavy (non-hydrogen) atoms. The van der Waals surface area contributed by atoms with E-state index >= 15 is 0 Å². The monoisotopic (exact) mass is 354 g/mol. The maximum atomic E-state index is 12.4. The summed E-state index contributed by atoms with van der Waals surface area (Å²) < 4.78 is 23.6. The van der Waals surface area contributed by atoms with Gasteiger partial charge in [-0.3, -0.25) is 9.89 Å². The number of carbonyl (C=O) groups is 1. The molecule has 0 spiro atoms. The van der Waals surface area contributed by atoms with Gasteiger partial charge in [0.15, 0.2) is 9.84 Å². The summed E-state index contributed by atoms with van der Waals surface area (Å²) in [4.78, 5) is 18.7. The molecule has 1 N–H and O–H groups in total. The third-order valence-corrected chi connectivity index (χ3v) is 5.93. The first-order valence-corrected chi connectivity index (χ1v) is 10.0. The van der Waals surface area contributed by atoms with Crippen molar-refractivity contribution in [2.75, 3.05) is 19.3 Å². The van der Waals surface area contributed by atoms with Crippen LogP contribution < -0.4 is 0 Å². The van der Waals surface area contributed by atoms with E-state index in [-0.39, 0.29) is 16.7 Å². The van der Waals surface area contributed by atoms with Gasteiger partial charge in [0.05, 0.1) is 29.0 Å². The van der Waals surface area contributed by atoms with Gasteiger partial charge in [0.2, 0.25) is 5.91 Å². The second kappa shape index (κ2) is 6.04. The standard InChI is InChI=1S/C14H18N4O3S2/c1-9-16-11(8-22-9)5-13(19)18-4-3-10(7-18)14-12(6-15-17-14)23(2,20)21/h6,8,10H,3-5,7H2,1-2H3,(H,15,17)/t10-/m1/s1. The van der Waals surface area contributed by atoms with Gasteiger partial charge in [-0.25, -0.2) is 13.4 Å². The smallest absolute Gasteiger partial charge is 0.228 e. The van der Waals surface area contributed by atoms with Crippen molar-refractivity contribution in [2.45, 2.75) is 30.6 Å². The largest absolute Gasteiger partial charge is 0.342 e. The van der Waals surface area contributed by atoms with Gasteiger partial charge in [0.1, 0.15) is 4.90 Å². The Hall–Kier alpha value is -1.74. The Morgan fingerprint density at radius 3 is 2.96 bits per heavy atom. The lowest BCUT2D eigenvalue weighted by Gasteiger charge is -2.16. The van der Waals surface area contributed by atoms with Gasteiger partial charge in [-0.15, -0.1) is 11.3 Å². The van der Waals surface area contributed by atoms with E-state index in [2.05, 4.69) is 15.2 Å². The number of H-pyrrole nitrogens is 1. The van der Waals surface area contributed by atoms with E-state index < -0.39 is 9.84 Å². The number of carbonyl (C=O) groups excluding carboxylic acids is 1. The Morgan fingerprint density at radius 1 is 1.52 bits per heavy atom. The summed E-state index contributed by atoms with van der Waals surface area (Å²) in [6, 6.07) is 0. The zero-order valence-corrected chi connectivity index (χ0v) is 14.6. The lowest BCUT2D eigenvalue weighted by atomic mass is 10.1. The molecular formula is C14H18N4O3S2. The SMILES string of the molecule is Cc1nc(CC(=O)N2CC[C@@H](c3[nH]ncc3S(C)(=O)=O)C2)cs1. The number of aryl methyl sites for hydroxylation is 1. The predicted octanol–water partition coefficient (Wildman–Crippen LogP) is 1.14. The van der Waals surface area contributed by atoms with E-state index in [1.54, 1.807) is 4.90 Å². The fraction of sp³-hybridized carbons (Fsp3) is 0.500. The maximum absolute atomic E-state index is 12.4. The van der Waals surface area contributed by atoms with Crippen LogP contribution in [0.5, 0.6) is 0 Å². The minimum Gasteiger partial charge on any atom is -0.342 e. The summed E-state index contributed by atoms with van der Waals surface area (Å²) in [6.45, 7) is 3.04. The quantitative estimate of drug-likeness (QED) is 0.888. The lowest BCUT2D eigenvalue weighted by molar-refractivity contribution is -0.129. The zero-order valence-electron chi connectivity index (χ0n) is 12.9. The first-order valence-electron chi connectivity index (χ1n) is 7.26. The molecule has 1 aliphatic heterocycles. The van der Waals surface area contributed by atoms with Crippen LogP contribution in [0.25, 0.3) is 0 Å². The van der Waals surface area contributed by atoms with E-state index in [9.17, 15) is 13.2 Å². The van der Waals surface area contributed by atoms with Crippen molar-refractivity contribution in [1.29, 1.82) is 0 Å². The second-order valence-corrected chi connectivity index (χ2v) is 8.83. The number of aromatic nitrogens is 3. The lowest BCUT2D eigenvalue weighted by Crippen LogP contribution is -2.30. The first-order chi connectivity index (χ1) is 10.8. The molecule has 0 saturated carbocycles. The number of amides is 1. The topological polar surface area (TPSA) is 96.0 Å². The molecule has 2 aromatic heterocycles. The molecule has 1 amide bonds. The highest BCUT2D eigenvalue weighted by molar-refractivity contribution is 7.90. The van der Waals surface area contributed by atoms with Crippen LogP contribution in [0, 0.1) is 6.92 Å². The van der Waals surface area contributed by atoms with Crippen LogP contribution >= 0.6 is 11.3 Å². The molecule has 0 radical (unpaired) electrons. The molecule has 0 aromatic carbocycles. The summed E-state index contributed by atoms with van der Waals surface area (Å²) in [6.07, 6.45) is 3.53. The Labute approximate surface area is 138 Å². The zero-order chi connectivity index (χ0) is 16.6. The van der Waals surface area contributed by atoms with Crippen LogP contribution in [-0.4, -0.2) is 53.8 Å². The molecular weight excluding hydrogens is 336 g/mol. The van der Waals surface area contributed by atoms with Gasteiger partial charge in [-0.1, -0.05) is 0 Å². The number of hydrogen-bond donors (Lipinski definition) is 1. The molecule has 0 aliphatic carbocycles. The molecule has 124 valence electrons. The van der Waals surface area contributed by atoms with Crippen molar-refractivity contribution in [1.82, 2.24) is 20.1 Å². The number of rotatable bonds is 4. The van der Waals surface area contributed by atoms with Gasteiger partial charge in [0.25, 0.3) is 0 Å². The molecule has 1 fully saturated rings. The number of aromatic amines is 1. The van der Waals surface area contributed by atoms with Crippen LogP contribution in [0.15, 0.2) is 16.5 Å². The molecule has 0 bridgehead atoms. The summed E-state index contributed by atoms with van der Waals surface area (Å²) in [5.74, 6) is 0.00145. The molecule has 3 heterocycles. The average molecular weight is 354 g/mol. The summed E-state index contributed by atoms with van der Waals surface area (Å²) in [5, 5.41) is 9.49. The van der Waals surface area contributed by atoms with Crippen molar-refractivity contribution in [3.8, 4) is 0 Å². The Bertz CT molecular complexity index is 825. The predicted molar refractivity (Wildman–Crippen MR) is 86.2 cm³/mol. The van der Waals surface area contributed by atoms with Crippen LogP contribution in [0.2, 0.25) is 0 Å². The second-order valence-electron chi connectivity index (χ2n) is 5.78. The Balaban J connectivity index is 1.69. The molecule has 7 nitrogen and oxygen atoms in total. The maximum Gasteiger partial charge on any atom is 0.228 e. The van der Waals surface area contributed by atoms with Crippen LogP contribution in [0.1, 0.15) is 28.7 Å². The van der Waals surface area contributed by atoms with Crippen LogP contribution in [0.4, 0.5) is 0 Å². The molecule has 1 aliphatic rings. The number of hydrogen-bond acceptors (Lipinski definition) is 6. The van der Waals surface area contributed by atoms with E-state index in [0.717, 1.165) is 17.1 Å². The normalized spacial score (nSPS) is 18.5. The van der Waals surface area contributed by atoms with Crippen molar-refractivity contribution in [3.63, 3.8) is 0 Å². The molecule has 1 atom stereocenters. The Kier molecular flexibility index (Phi) is 4.24. The van der Waals surface area contributed by atoms with E-state index in [1.807, 2.05) is 12.3 Å². The van der Waals surface area contributed by atoms with Crippen LogP contribution in [-0.2, 0) is 21.1 Å². The number of nitrogens with zero attached hydrogens (tertiary/aromatic N) is 3. The fourth-order valence-corrected chi connectivity index (χ4v) is 4.32.